The number of rotatable bonds is 5. The average molecular weight is 432 g/mol. The van der Waals surface area contributed by atoms with E-state index in [0.29, 0.717) is 13.1 Å². The van der Waals surface area contributed by atoms with Crippen molar-refractivity contribution in [1.82, 2.24) is 25.1 Å². The Morgan fingerprint density at radius 2 is 2.07 bits per heavy atom. The zero-order valence-corrected chi connectivity index (χ0v) is 17.2. The van der Waals surface area contributed by atoms with Gasteiger partial charge in [0, 0.05) is 29.3 Å². The Balaban J connectivity index is 1.56. The highest BCUT2D eigenvalue weighted by atomic mass is 79.9. The molecule has 0 saturated heterocycles. The van der Waals surface area contributed by atoms with Crippen LogP contribution in [0.1, 0.15) is 27.2 Å². The van der Waals surface area contributed by atoms with E-state index in [1.807, 2.05) is 49.8 Å². The van der Waals surface area contributed by atoms with Crippen molar-refractivity contribution < 1.29 is 9.53 Å². The number of aryl methyl sites for hydroxylation is 1. The van der Waals surface area contributed by atoms with Crippen LogP contribution in [-0.2, 0) is 11.3 Å². The number of alkyl carbamates (subject to hydrolysis) is 1. The monoisotopic (exact) mass is 431 g/mol. The topological polar surface area (TPSA) is 81.9 Å². The molecule has 0 aliphatic heterocycles. The van der Waals surface area contributed by atoms with Crippen LogP contribution >= 0.6 is 15.9 Å². The van der Waals surface area contributed by atoms with E-state index in [4.69, 9.17) is 4.74 Å². The number of carbonyl (C=O) groups is 1. The van der Waals surface area contributed by atoms with Crippen molar-refractivity contribution >= 4 is 33.1 Å². The maximum atomic E-state index is 11.6. The molecule has 0 radical (unpaired) electrons. The number of hydrogen-bond donors (Lipinski definition) is 1. The summed E-state index contributed by atoms with van der Waals surface area (Å²) in [6, 6.07) is 5.82. The third kappa shape index (κ3) is 5.50. The summed E-state index contributed by atoms with van der Waals surface area (Å²) in [5, 5.41) is 7.11. The molecule has 0 unspecified atom stereocenters. The molecule has 3 rings (SSSR count). The van der Waals surface area contributed by atoms with Gasteiger partial charge < -0.3 is 10.1 Å². The Morgan fingerprint density at radius 3 is 2.85 bits per heavy atom. The number of nitrogens with one attached hydrogen (secondary N) is 1. The van der Waals surface area contributed by atoms with Crippen LogP contribution in [0, 0.1) is 0 Å². The molecule has 1 aromatic carbocycles. The molecule has 0 bridgehead atoms. The molecule has 0 saturated carbocycles. The summed E-state index contributed by atoms with van der Waals surface area (Å²) in [5.74, 6) is 0. The second kappa shape index (κ2) is 8.04. The standard InChI is InChI=1S/C19H22BrN5O2/c1-19(2,3)27-18(26)21-7-4-8-25-12-13(10-23-25)17-11-22-15-6-5-14(20)9-16(15)24-17/h5-6,9-12H,4,7-8H2,1-3H3,(H,21,26). The first-order valence-corrected chi connectivity index (χ1v) is 9.51. The van der Waals surface area contributed by atoms with Crippen LogP contribution in [-0.4, -0.2) is 38.0 Å². The van der Waals surface area contributed by atoms with Crippen molar-refractivity contribution in [2.45, 2.75) is 39.3 Å². The van der Waals surface area contributed by atoms with E-state index >= 15 is 0 Å². The lowest BCUT2D eigenvalue weighted by atomic mass is 10.2. The first-order valence-electron chi connectivity index (χ1n) is 8.72. The lowest BCUT2D eigenvalue weighted by molar-refractivity contribution is 0.0526. The number of halogens is 1. The van der Waals surface area contributed by atoms with Gasteiger partial charge in [-0.05, 0) is 45.4 Å². The molecule has 1 amide bonds. The van der Waals surface area contributed by atoms with Gasteiger partial charge in [-0.25, -0.2) is 9.78 Å². The Hall–Kier alpha value is -2.48. The first kappa shape index (κ1) is 19.3. The molecule has 0 atom stereocenters. The summed E-state index contributed by atoms with van der Waals surface area (Å²) in [6.07, 6.45) is 5.80. The van der Waals surface area contributed by atoms with Crippen LogP contribution in [0.2, 0.25) is 0 Å². The molecule has 2 aromatic heterocycles. The molecule has 142 valence electrons. The van der Waals surface area contributed by atoms with Crippen molar-refractivity contribution in [3.63, 3.8) is 0 Å². The van der Waals surface area contributed by atoms with Crippen LogP contribution in [0.15, 0.2) is 41.3 Å². The second-order valence-electron chi connectivity index (χ2n) is 7.16. The fourth-order valence-corrected chi connectivity index (χ4v) is 2.84. The van der Waals surface area contributed by atoms with Gasteiger partial charge in [0.2, 0.25) is 0 Å². The number of benzene rings is 1. The number of fused-ring (bicyclic) bond motifs is 1. The molecule has 27 heavy (non-hydrogen) atoms. The number of aromatic nitrogens is 4. The van der Waals surface area contributed by atoms with Gasteiger partial charge in [-0.15, -0.1) is 0 Å². The number of ether oxygens (including phenoxy) is 1. The van der Waals surface area contributed by atoms with Gasteiger partial charge >= 0.3 is 6.09 Å². The van der Waals surface area contributed by atoms with E-state index < -0.39 is 11.7 Å². The minimum absolute atomic E-state index is 0.402. The van der Waals surface area contributed by atoms with Gasteiger partial charge in [-0.1, -0.05) is 15.9 Å². The minimum atomic E-state index is -0.489. The largest absolute Gasteiger partial charge is 0.444 e. The van der Waals surface area contributed by atoms with Crippen molar-refractivity contribution in [1.29, 1.82) is 0 Å². The highest BCUT2D eigenvalue weighted by molar-refractivity contribution is 9.10. The lowest BCUT2D eigenvalue weighted by Crippen LogP contribution is -2.33. The van der Waals surface area contributed by atoms with E-state index in [9.17, 15) is 4.79 Å². The molecule has 0 fully saturated rings. The Morgan fingerprint density at radius 1 is 1.26 bits per heavy atom. The van der Waals surface area contributed by atoms with Crippen LogP contribution < -0.4 is 5.32 Å². The molecule has 0 aliphatic carbocycles. The third-order valence-corrected chi connectivity index (χ3v) is 4.16. The maximum Gasteiger partial charge on any atom is 0.407 e. The zero-order chi connectivity index (χ0) is 19.4. The lowest BCUT2D eigenvalue weighted by Gasteiger charge is -2.19. The average Bonchev–Trinajstić information content (AvgIpc) is 3.05. The molecular weight excluding hydrogens is 410 g/mol. The number of amides is 1. The quantitative estimate of drug-likeness (QED) is 0.612. The number of carbonyl (C=O) groups excluding carboxylic acids is 1. The van der Waals surface area contributed by atoms with Crippen LogP contribution in [0.25, 0.3) is 22.3 Å². The van der Waals surface area contributed by atoms with Gasteiger partial charge in [0.1, 0.15) is 5.60 Å². The van der Waals surface area contributed by atoms with E-state index in [0.717, 1.165) is 33.2 Å². The molecular formula is C19H22BrN5O2. The molecule has 1 N–H and O–H groups in total. The zero-order valence-electron chi connectivity index (χ0n) is 15.6. The fraction of sp³-hybridized carbons (Fsp3) is 0.368. The summed E-state index contributed by atoms with van der Waals surface area (Å²) in [4.78, 5) is 20.7. The van der Waals surface area contributed by atoms with Crippen LogP contribution in [0.3, 0.4) is 0 Å². The maximum absolute atomic E-state index is 11.6. The van der Waals surface area contributed by atoms with Gasteiger partial charge in [-0.2, -0.15) is 5.10 Å². The molecule has 0 aliphatic rings. The Bertz CT molecular complexity index is 949. The van der Waals surface area contributed by atoms with Gasteiger partial charge in [0.25, 0.3) is 0 Å². The first-order chi connectivity index (χ1) is 12.8. The van der Waals surface area contributed by atoms with Gasteiger partial charge in [0.05, 0.1) is 29.1 Å². The van der Waals surface area contributed by atoms with E-state index in [1.165, 1.54) is 0 Å². The van der Waals surface area contributed by atoms with E-state index in [1.54, 1.807) is 12.4 Å². The Labute approximate surface area is 166 Å². The highest BCUT2D eigenvalue weighted by Crippen LogP contribution is 2.21. The van der Waals surface area contributed by atoms with Crippen molar-refractivity contribution in [2.24, 2.45) is 0 Å². The highest BCUT2D eigenvalue weighted by Gasteiger charge is 2.15. The normalized spacial score (nSPS) is 11.6. The summed E-state index contributed by atoms with van der Waals surface area (Å²) < 4.78 is 8.00. The molecule has 8 heteroatoms. The number of hydrogen-bond acceptors (Lipinski definition) is 5. The summed E-state index contributed by atoms with van der Waals surface area (Å²) >= 11 is 3.46. The summed E-state index contributed by atoms with van der Waals surface area (Å²) in [6.45, 7) is 6.72. The van der Waals surface area contributed by atoms with Crippen LogP contribution in [0.4, 0.5) is 4.79 Å². The molecule has 3 aromatic rings. The van der Waals surface area contributed by atoms with Crippen LogP contribution in [0.5, 0.6) is 0 Å². The van der Waals surface area contributed by atoms with Crippen molar-refractivity contribution in [3.05, 3.63) is 41.3 Å². The van der Waals surface area contributed by atoms with Crippen molar-refractivity contribution in [3.8, 4) is 11.3 Å². The predicted octanol–water partition coefficient (Wildman–Crippen LogP) is 4.17. The fourth-order valence-electron chi connectivity index (χ4n) is 2.49. The van der Waals surface area contributed by atoms with E-state index in [-0.39, 0.29) is 0 Å². The third-order valence-electron chi connectivity index (χ3n) is 3.67. The van der Waals surface area contributed by atoms with E-state index in [2.05, 4.69) is 36.3 Å². The smallest absolute Gasteiger partial charge is 0.407 e. The summed E-state index contributed by atoms with van der Waals surface area (Å²) in [7, 11) is 0. The van der Waals surface area contributed by atoms with Gasteiger partial charge in [0.15, 0.2) is 0 Å². The number of nitrogens with zero attached hydrogens (tertiary/aromatic N) is 4. The molecule has 2 heterocycles. The molecule has 7 nitrogen and oxygen atoms in total. The second-order valence-corrected chi connectivity index (χ2v) is 8.08. The minimum Gasteiger partial charge on any atom is -0.444 e. The predicted molar refractivity (Wildman–Crippen MR) is 107 cm³/mol. The Kier molecular flexibility index (Phi) is 5.74. The van der Waals surface area contributed by atoms with Gasteiger partial charge in [-0.3, -0.25) is 9.67 Å². The SMILES string of the molecule is CC(C)(C)OC(=O)NCCCn1cc(-c2cnc3ccc(Br)cc3n2)cn1. The summed E-state index contributed by atoms with van der Waals surface area (Å²) in [5.41, 5.74) is 2.87. The molecule has 0 spiro atoms. The van der Waals surface area contributed by atoms with Crippen molar-refractivity contribution in [2.75, 3.05) is 6.54 Å².